The van der Waals surface area contributed by atoms with E-state index in [1.165, 1.54) is 11.3 Å². The SMILES string of the molecule is Cc1csc(NC(=O)c2c3c(nn2CCOC2CCCCO2)-c2nc(N)ncc2CC3(C)C)n1. The van der Waals surface area contributed by atoms with Crippen molar-refractivity contribution < 1.29 is 14.3 Å². The van der Waals surface area contributed by atoms with Crippen LogP contribution in [0.4, 0.5) is 11.1 Å². The maximum atomic E-state index is 13.6. The number of aryl methyl sites for hydroxylation is 1. The van der Waals surface area contributed by atoms with Crippen molar-refractivity contribution in [3.63, 3.8) is 0 Å². The number of hydrogen-bond acceptors (Lipinski definition) is 9. The van der Waals surface area contributed by atoms with Gasteiger partial charge in [0, 0.05) is 23.7 Å². The first-order valence-corrected chi connectivity index (χ1v) is 12.4. The fourth-order valence-corrected chi connectivity index (χ4v) is 5.34. The number of nitrogens with zero attached hydrogens (tertiary/aromatic N) is 5. The molecule has 1 fully saturated rings. The average Bonchev–Trinajstić information content (AvgIpc) is 3.39. The number of amides is 1. The van der Waals surface area contributed by atoms with E-state index in [0.29, 0.717) is 48.4 Å². The molecular weight excluding hydrogens is 454 g/mol. The summed E-state index contributed by atoms with van der Waals surface area (Å²) in [5, 5.41) is 10.3. The molecule has 1 aliphatic heterocycles. The summed E-state index contributed by atoms with van der Waals surface area (Å²) >= 11 is 1.39. The molecule has 0 bridgehead atoms. The Kier molecular flexibility index (Phi) is 6.09. The van der Waals surface area contributed by atoms with Gasteiger partial charge in [-0.25, -0.2) is 15.0 Å². The van der Waals surface area contributed by atoms with Gasteiger partial charge >= 0.3 is 0 Å². The van der Waals surface area contributed by atoms with Crippen LogP contribution in [0.1, 0.15) is 60.4 Å². The second-order valence-electron chi connectivity index (χ2n) is 9.37. The summed E-state index contributed by atoms with van der Waals surface area (Å²) < 4.78 is 13.3. The Hall–Kier alpha value is -2.89. The fraction of sp³-hybridized carbons (Fsp3) is 0.522. The number of nitrogens with two attached hydrogens (primary N) is 1. The smallest absolute Gasteiger partial charge is 0.276 e. The molecule has 180 valence electrons. The minimum Gasteiger partial charge on any atom is -0.368 e. The Balaban J connectivity index is 1.52. The van der Waals surface area contributed by atoms with Crippen LogP contribution in [0, 0.1) is 6.92 Å². The standard InChI is InChI=1S/C23H29N7O3S/c1-13-12-34-22(26-13)28-20(31)19-16-18(17-14(10-23(16,2)3)11-25-21(24)27-17)29-30(19)7-9-33-15-6-4-5-8-32-15/h11-12,15H,4-10H2,1-3H3,(H2,24,25,27)(H,26,28,31). The highest BCUT2D eigenvalue weighted by atomic mass is 32.1. The summed E-state index contributed by atoms with van der Waals surface area (Å²) in [5.74, 6) is -0.0726. The summed E-state index contributed by atoms with van der Waals surface area (Å²) in [6.45, 7) is 7.60. The molecule has 1 aliphatic carbocycles. The van der Waals surface area contributed by atoms with Crippen LogP contribution in [0.25, 0.3) is 11.4 Å². The summed E-state index contributed by atoms with van der Waals surface area (Å²) in [4.78, 5) is 26.6. The van der Waals surface area contributed by atoms with Crippen molar-refractivity contribution in [2.75, 3.05) is 24.3 Å². The number of nitrogen functional groups attached to an aromatic ring is 1. The zero-order chi connectivity index (χ0) is 23.9. The number of thiazole rings is 1. The predicted molar refractivity (Wildman–Crippen MR) is 129 cm³/mol. The molecule has 0 aromatic carbocycles. The van der Waals surface area contributed by atoms with Crippen molar-refractivity contribution >= 4 is 28.3 Å². The summed E-state index contributed by atoms with van der Waals surface area (Å²) in [5.41, 5.74) is 10.0. The van der Waals surface area contributed by atoms with Gasteiger partial charge in [0.05, 0.1) is 24.5 Å². The van der Waals surface area contributed by atoms with Crippen molar-refractivity contribution in [3.8, 4) is 11.4 Å². The summed E-state index contributed by atoms with van der Waals surface area (Å²) in [6, 6.07) is 0. The number of nitrogens with one attached hydrogen (secondary N) is 1. The van der Waals surface area contributed by atoms with Crippen LogP contribution < -0.4 is 11.1 Å². The molecule has 5 rings (SSSR count). The number of rotatable bonds is 6. The minimum absolute atomic E-state index is 0.181. The van der Waals surface area contributed by atoms with Gasteiger partial charge in [-0.3, -0.25) is 14.8 Å². The van der Waals surface area contributed by atoms with Crippen LogP contribution in [-0.4, -0.2) is 50.1 Å². The van der Waals surface area contributed by atoms with Crippen LogP contribution >= 0.6 is 11.3 Å². The number of aromatic nitrogens is 5. The van der Waals surface area contributed by atoms with E-state index in [2.05, 4.69) is 34.1 Å². The highest BCUT2D eigenvalue weighted by molar-refractivity contribution is 7.13. The Labute approximate surface area is 201 Å². The van der Waals surface area contributed by atoms with Gasteiger partial charge in [-0.2, -0.15) is 5.10 Å². The first-order chi connectivity index (χ1) is 16.3. The Morgan fingerprint density at radius 3 is 2.94 bits per heavy atom. The molecule has 1 amide bonds. The maximum Gasteiger partial charge on any atom is 0.276 e. The summed E-state index contributed by atoms with van der Waals surface area (Å²) in [6.07, 6.45) is 5.25. The number of carbonyl (C=O) groups excluding carboxylic acids is 1. The number of ether oxygens (including phenoxy) is 2. The molecule has 0 saturated carbocycles. The lowest BCUT2D eigenvalue weighted by atomic mass is 9.73. The van der Waals surface area contributed by atoms with Crippen molar-refractivity contribution in [2.24, 2.45) is 0 Å². The van der Waals surface area contributed by atoms with Gasteiger partial charge in [0.15, 0.2) is 11.4 Å². The van der Waals surface area contributed by atoms with Crippen molar-refractivity contribution in [2.45, 2.75) is 64.7 Å². The third kappa shape index (κ3) is 4.42. The van der Waals surface area contributed by atoms with E-state index in [4.69, 9.17) is 20.3 Å². The molecule has 11 heteroatoms. The number of hydrogen-bond donors (Lipinski definition) is 2. The zero-order valence-electron chi connectivity index (χ0n) is 19.6. The normalized spacial score (nSPS) is 18.9. The second kappa shape index (κ2) is 9.05. The van der Waals surface area contributed by atoms with E-state index in [0.717, 1.165) is 36.1 Å². The molecule has 10 nitrogen and oxygen atoms in total. The zero-order valence-corrected chi connectivity index (χ0v) is 20.4. The number of fused-ring (bicyclic) bond motifs is 3. The van der Waals surface area contributed by atoms with E-state index in [1.54, 1.807) is 10.9 Å². The molecule has 2 aliphatic rings. The van der Waals surface area contributed by atoms with Gasteiger partial charge in [0.2, 0.25) is 5.95 Å². The lowest BCUT2D eigenvalue weighted by molar-refractivity contribution is -0.163. The molecule has 3 N–H and O–H groups in total. The highest BCUT2D eigenvalue weighted by Gasteiger charge is 2.40. The Morgan fingerprint density at radius 1 is 1.35 bits per heavy atom. The van der Waals surface area contributed by atoms with Crippen molar-refractivity contribution in [3.05, 3.63) is 34.1 Å². The maximum absolute atomic E-state index is 13.6. The molecule has 0 spiro atoms. The van der Waals surface area contributed by atoms with Crippen molar-refractivity contribution in [1.82, 2.24) is 24.7 Å². The lowest BCUT2D eigenvalue weighted by Gasteiger charge is -2.31. The Morgan fingerprint density at radius 2 is 2.21 bits per heavy atom. The molecule has 1 unspecified atom stereocenters. The van der Waals surface area contributed by atoms with Crippen LogP contribution in [0.3, 0.4) is 0 Å². The number of carbonyl (C=O) groups is 1. The van der Waals surface area contributed by atoms with E-state index in [1.807, 2.05) is 12.3 Å². The van der Waals surface area contributed by atoms with E-state index >= 15 is 0 Å². The molecule has 4 heterocycles. The molecule has 3 aromatic heterocycles. The van der Waals surface area contributed by atoms with Crippen LogP contribution in [0.15, 0.2) is 11.6 Å². The number of anilines is 2. The molecule has 3 aromatic rings. The monoisotopic (exact) mass is 483 g/mol. The largest absolute Gasteiger partial charge is 0.368 e. The van der Waals surface area contributed by atoms with Gasteiger partial charge in [-0.15, -0.1) is 11.3 Å². The van der Waals surface area contributed by atoms with Gasteiger partial charge in [0.25, 0.3) is 5.91 Å². The molecule has 1 atom stereocenters. The quantitative estimate of drug-likeness (QED) is 0.546. The second-order valence-corrected chi connectivity index (χ2v) is 10.2. The highest BCUT2D eigenvalue weighted by Crippen LogP contribution is 2.43. The topological polar surface area (TPSA) is 130 Å². The van der Waals surface area contributed by atoms with Crippen LogP contribution in [0.2, 0.25) is 0 Å². The third-order valence-electron chi connectivity index (χ3n) is 6.17. The molecule has 1 saturated heterocycles. The average molecular weight is 484 g/mol. The van der Waals surface area contributed by atoms with Gasteiger partial charge in [-0.1, -0.05) is 13.8 Å². The predicted octanol–water partition coefficient (Wildman–Crippen LogP) is 3.32. The van der Waals surface area contributed by atoms with E-state index in [-0.39, 0.29) is 23.6 Å². The molecule has 34 heavy (non-hydrogen) atoms. The van der Waals surface area contributed by atoms with Crippen LogP contribution in [0.5, 0.6) is 0 Å². The molecular formula is C23H29N7O3S. The summed E-state index contributed by atoms with van der Waals surface area (Å²) in [7, 11) is 0. The third-order valence-corrected chi connectivity index (χ3v) is 7.04. The fourth-order valence-electron chi connectivity index (χ4n) is 4.66. The van der Waals surface area contributed by atoms with Crippen LogP contribution in [-0.2, 0) is 27.9 Å². The molecule has 0 radical (unpaired) electrons. The first kappa shape index (κ1) is 22.9. The van der Waals surface area contributed by atoms with E-state index < -0.39 is 0 Å². The van der Waals surface area contributed by atoms with Crippen molar-refractivity contribution in [1.29, 1.82) is 0 Å². The Bertz CT molecular complexity index is 1210. The first-order valence-electron chi connectivity index (χ1n) is 11.5. The van der Waals surface area contributed by atoms with E-state index in [9.17, 15) is 4.79 Å². The lowest BCUT2D eigenvalue weighted by Crippen LogP contribution is -2.30. The minimum atomic E-state index is -0.362. The van der Waals surface area contributed by atoms with Gasteiger partial charge < -0.3 is 15.2 Å². The van der Waals surface area contributed by atoms with Gasteiger partial charge in [0.1, 0.15) is 11.4 Å². The van der Waals surface area contributed by atoms with Gasteiger partial charge in [-0.05, 0) is 43.6 Å².